The minimum absolute atomic E-state index is 0.0497. The minimum atomic E-state index is -0.500. The second-order valence-corrected chi connectivity index (χ2v) is 4.82. The zero-order valence-corrected chi connectivity index (χ0v) is 12.3. The monoisotopic (exact) mass is 296 g/mol. The van der Waals surface area contributed by atoms with Gasteiger partial charge in [-0.15, -0.1) is 0 Å². The number of aromatic nitrogens is 2. The summed E-state index contributed by atoms with van der Waals surface area (Å²) in [6.45, 7) is 3.22. The Labute approximate surface area is 123 Å². The van der Waals surface area contributed by atoms with E-state index in [0.717, 1.165) is 19.3 Å². The van der Waals surface area contributed by atoms with Crippen molar-refractivity contribution in [2.24, 2.45) is 0 Å². The summed E-state index contributed by atoms with van der Waals surface area (Å²) in [5.74, 6) is 1.20. The molecule has 0 aliphatic heterocycles. The van der Waals surface area contributed by atoms with Crippen LogP contribution in [0.2, 0.25) is 0 Å². The van der Waals surface area contributed by atoms with Crippen molar-refractivity contribution < 1.29 is 14.4 Å². The van der Waals surface area contributed by atoms with Crippen LogP contribution in [0.25, 0.3) is 0 Å². The van der Waals surface area contributed by atoms with Crippen LogP contribution in [0, 0.1) is 10.1 Å². The highest BCUT2D eigenvalue weighted by molar-refractivity contribution is 5.62. The van der Waals surface area contributed by atoms with Crippen molar-refractivity contribution in [1.82, 2.24) is 9.97 Å². The molecule has 0 amide bonds. The number of nitro groups is 1. The van der Waals surface area contributed by atoms with Gasteiger partial charge in [0.25, 0.3) is 5.88 Å². The van der Waals surface area contributed by atoms with Crippen LogP contribution in [0.15, 0.2) is 0 Å². The molecular weight excluding hydrogens is 276 g/mol. The minimum Gasteiger partial charge on any atom is -0.473 e. The normalized spacial score (nSPS) is 14.0. The molecule has 1 aromatic rings. The van der Waals surface area contributed by atoms with Crippen molar-refractivity contribution >= 4 is 11.5 Å². The first-order valence-electron chi connectivity index (χ1n) is 7.09. The molecule has 1 aliphatic carbocycles. The molecule has 2 rings (SSSR count). The highest BCUT2D eigenvalue weighted by Crippen LogP contribution is 2.41. The molecule has 0 atom stereocenters. The van der Waals surface area contributed by atoms with Crippen molar-refractivity contribution in [3.8, 4) is 5.88 Å². The van der Waals surface area contributed by atoms with Gasteiger partial charge >= 0.3 is 5.69 Å². The van der Waals surface area contributed by atoms with E-state index in [0.29, 0.717) is 31.5 Å². The fourth-order valence-electron chi connectivity index (χ4n) is 1.92. The predicted octanol–water partition coefficient (Wildman–Crippen LogP) is 2.11. The van der Waals surface area contributed by atoms with Crippen molar-refractivity contribution in [1.29, 1.82) is 0 Å². The van der Waals surface area contributed by atoms with Crippen molar-refractivity contribution in [3.63, 3.8) is 0 Å². The highest BCUT2D eigenvalue weighted by Gasteiger charge is 2.32. The van der Waals surface area contributed by atoms with Crippen LogP contribution >= 0.6 is 0 Å². The third-order valence-corrected chi connectivity index (χ3v) is 3.09. The van der Waals surface area contributed by atoms with Crippen LogP contribution in [0.4, 0.5) is 11.5 Å². The maximum absolute atomic E-state index is 11.3. The maximum Gasteiger partial charge on any atom is 0.372 e. The van der Waals surface area contributed by atoms with Crippen LogP contribution < -0.4 is 10.1 Å². The second kappa shape index (κ2) is 7.16. The van der Waals surface area contributed by atoms with Gasteiger partial charge in [0.2, 0.25) is 5.82 Å². The summed E-state index contributed by atoms with van der Waals surface area (Å²) in [5.41, 5.74) is -0.196. The van der Waals surface area contributed by atoms with E-state index < -0.39 is 4.92 Å². The van der Waals surface area contributed by atoms with E-state index in [9.17, 15) is 10.1 Å². The van der Waals surface area contributed by atoms with Crippen molar-refractivity contribution in [3.05, 3.63) is 15.9 Å². The van der Waals surface area contributed by atoms with Crippen LogP contribution in [0.5, 0.6) is 5.88 Å². The summed E-state index contributed by atoms with van der Waals surface area (Å²) in [5, 5.41) is 14.3. The second-order valence-electron chi connectivity index (χ2n) is 4.82. The van der Waals surface area contributed by atoms with Crippen molar-refractivity contribution in [2.45, 2.75) is 32.1 Å². The van der Waals surface area contributed by atoms with Crippen molar-refractivity contribution in [2.75, 3.05) is 32.2 Å². The lowest BCUT2D eigenvalue weighted by atomic mass is 10.3. The van der Waals surface area contributed by atoms with E-state index in [1.807, 2.05) is 0 Å². The molecule has 1 saturated carbocycles. The van der Waals surface area contributed by atoms with Gasteiger partial charge in [0, 0.05) is 26.2 Å². The van der Waals surface area contributed by atoms with E-state index in [4.69, 9.17) is 9.47 Å². The molecule has 0 radical (unpaired) electrons. The van der Waals surface area contributed by atoms with Gasteiger partial charge < -0.3 is 14.8 Å². The summed E-state index contributed by atoms with van der Waals surface area (Å²) in [6, 6.07) is 0. The molecule has 21 heavy (non-hydrogen) atoms. The lowest BCUT2D eigenvalue weighted by Gasteiger charge is -2.11. The third-order valence-electron chi connectivity index (χ3n) is 3.09. The number of anilines is 1. The number of rotatable bonds is 9. The smallest absolute Gasteiger partial charge is 0.372 e. The predicted molar refractivity (Wildman–Crippen MR) is 76.8 cm³/mol. The summed E-state index contributed by atoms with van der Waals surface area (Å²) in [4.78, 5) is 19.3. The molecule has 8 nitrogen and oxygen atoms in total. The molecule has 0 aromatic carbocycles. The molecular formula is C13H20N4O4. The fraction of sp³-hybridized carbons (Fsp3) is 0.692. The zero-order valence-electron chi connectivity index (χ0n) is 12.3. The fourth-order valence-corrected chi connectivity index (χ4v) is 1.92. The van der Waals surface area contributed by atoms with E-state index in [-0.39, 0.29) is 17.4 Å². The van der Waals surface area contributed by atoms with Crippen LogP contribution in [0.3, 0.4) is 0 Å². The first-order valence-corrected chi connectivity index (χ1v) is 7.09. The molecule has 8 heteroatoms. The molecule has 1 aromatic heterocycles. The average molecular weight is 296 g/mol. The number of methoxy groups -OCH3 is 1. The summed E-state index contributed by atoms with van der Waals surface area (Å²) >= 11 is 0. The Morgan fingerprint density at radius 3 is 2.76 bits per heavy atom. The van der Waals surface area contributed by atoms with Crippen LogP contribution in [-0.2, 0) is 4.74 Å². The van der Waals surface area contributed by atoms with E-state index in [2.05, 4.69) is 15.3 Å². The molecule has 1 N–H and O–H groups in total. The Morgan fingerprint density at radius 2 is 2.19 bits per heavy atom. The van der Waals surface area contributed by atoms with Crippen LogP contribution in [-0.4, -0.2) is 41.8 Å². The Balaban J connectivity index is 2.26. The van der Waals surface area contributed by atoms with Gasteiger partial charge in [-0.2, -0.15) is 4.98 Å². The topological polar surface area (TPSA) is 99.4 Å². The Hall–Kier alpha value is -1.96. The molecule has 0 bridgehead atoms. The summed E-state index contributed by atoms with van der Waals surface area (Å²) in [6.07, 6.45) is 2.78. The highest BCUT2D eigenvalue weighted by atomic mass is 16.6. The summed E-state index contributed by atoms with van der Waals surface area (Å²) in [7, 11) is 1.62. The van der Waals surface area contributed by atoms with Gasteiger partial charge in [-0.3, -0.25) is 10.1 Å². The van der Waals surface area contributed by atoms with E-state index in [1.54, 1.807) is 14.0 Å². The quantitative estimate of drug-likeness (QED) is 0.423. The number of ether oxygens (including phenoxy) is 2. The Kier molecular flexibility index (Phi) is 5.26. The van der Waals surface area contributed by atoms with Gasteiger partial charge in [-0.25, -0.2) is 4.98 Å². The first-order chi connectivity index (χ1) is 10.2. The maximum atomic E-state index is 11.3. The van der Waals surface area contributed by atoms with E-state index >= 15 is 0 Å². The van der Waals surface area contributed by atoms with Gasteiger partial charge in [0.15, 0.2) is 0 Å². The molecule has 1 heterocycles. The number of nitrogens with zero attached hydrogens (tertiary/aromatic N) is 3. The Bertz CT molecular complexity index is 505. The molecule has 0 unspecified atom stereocenters. The lowest BCUT2D eigenvalue weighted by molar-refractivity contribution is -0.385. The van der Waals surface area contributed by atoms with E-state index in [1.165, 1.54) is 0 Å². The average Bonchev–Trinajstić information content (AvgIpc) is 3.27. The molecule has 116 valence electrons. The number of hydrogen-bond donors (Lipinski definition) is 1. The Morgan fingerprint density at radius 1 is 1.43 bits per heavy atom. The van der Waals surface area contributed by atoms with Gasteiger partial charge in [-0.05, 0) is 26.2 Å². The van der Waals surface area contributed by atoms with Crippen LogP contribution in [0.1, 0.15) is 37.9 Å². The number of nitrogens with one attached hydrogen (secondary N) is 1. The standard InChI is InChI=1S/C13H20N4O4/c1-3-21-13-10(17(18)19)12(14-7-4-8-20-2)15-11(16-13)9-5-6-9/h9H,3-8H2,1-2H3,(H,14,15,16). The molecule has 1 fully saturated rings. The largest absolute Gasteiger partial charge is 0.473 e. The molecule has 0 saturated heterocycles. The summed E-state index contributed by atoms with van der Waals surface area (Å²) < 4.78 is 10.3. The van der Waals surface area contributed by atoms with Gasteiger partial charge in [-0.1, -0.05) is 0 Å². The molecule has 1 aliphatic rings. The zero-order chi connectivity index (χ0) is 15.2. The molecule has 0 spiro atoms. The SMILES string of the molecule is CCOc1nc(C2CC2)nc(NCCCOC)c1[N+](=O)[O-]. The van der Waals surface area contributed by atoms with Gasteiger partial charge in [0.05, 0.1) is 11.5 Å². The third kappa shape index (κ3) is 4.01. The first kappa shape index (κ1) is 15.4. The van der Waals surface area contributed by atoms with Gasteiger partial charge in [0.1, 0.15) is 5.82 Å². The lowest BCUT2D eigenvalue weighted by Crippen LogP contribution is -2.12. The number of hydrogen-bond acceptors (Lipinski definition) is 7.